The minimum Gasteiger partial charge on any atom is -0.465 e. The standard InChI is InChI=1S/C20H24N2O4S/c1-11-8-9-14-13(10-11)17(22-26-14)18(23)21-19-16(20(24)25-2)12-6-4-3-5-7-15(12)27-19/h11H,3-10H2,1-2H3,(H,21,23)/t11-/m1/s1. The first-order chi connectivity index (χ1) is 13.1. The zero-order valence-electron chi connectivity index (χ0n) is 15.7. The molecule has 0 spiro atoms. The molecule has 1 amide bonds. The van der Waals surface area contributed by atoms with E-state index in [2.05, 4.69) is 17.4 Å². The number of rotatable bonds is 3. The molecule has 0 unspecified atom stereocenters. The number of nitrogens with zero attached hydrogens (tertiary/aromatic N) is 1. The van der Waals surface area contributed by atoms with E-state index in [0.29, 0.717) is 22.2 Å². The van der Waals surface area contributed by atoms with Crippen molar-refractivity contribution in [2.24, 2.45) is 5.92 Å². The van der Waals surface area contributed by atoms with Gasteiger partial charge in [0.15, 0.2) is 5.69 Å². The molecule has 0 radical (unpaired) electrons. The largest absolute Gasteiger partial charge is 0.465 e. The van der Waals surface area contributed by atoms with Crippen LogP contribution < -0.4 is 5.32 Å². The normalized spacial score (nSPS) is 19.0. The second-order valence-electron chi connectivity index (χ2n) is 7.50. The van der Waals surface area contributed by atoms with Crippen LogP contribution in [0.5, 0.6) is 0 Å². The second kappa shape index (κ2) is 7.46. The van der Waals surface area contributed by atoms with Crippen LogP contribution in [-0.4, -0.2) is 24.1 Å². The summed E-state index contributed by atoms with van der Waals surface area (Å²) >= 11 is 1.49. The number of aryl methyl sites for hydroxylation is 2. The Balaban J connectivity index is 1.66. The van der Waals surface area contributed by atoms with Crippen molar-refractivity contribution in [1.29, 1.82) is 0 Å². The highest BCUT2D eigenvalue weighted by Gasteiger charge is 2.30. The predicted octanol–water partition coefficient (Wildman–Crippen LogP) is 4.17. The molecule has 0 bridgehead atoms. The molecule has 2 aliphatic rings. The second-order valence-corrected chi connectivity index (χ2v) is 8.60. The molecule has 1 N–H and O–H groups in total. The zero-order chi connectivity index (χ0) is 19.0. The molecule has 0 aliphatic heterocycles. The Morgan fingerprint density at radius 3 is 2.81 bits per heavy atom. The van der Waals surface area contributed by atoms with Crippen LogP contribution in [0.15, 0.2) is 4.52 Å². The van der Waals surface area contributed by atoms with E-state index in [1.807, 2.05) is 0 Å². The smallest absolute Gasteiger partial charge is 0.341 e. The quantitative estimate of drug-likeness (QED) is 0.630. The van der Waals surface area contributed by atoms with Gasteiger partial charge >= 0.3 is 5.97 Å². The van der Waals surface area contributed by atoms with E-state index in [-0.39, 0.29) is 11.9 Å². The van der Waals surface area contributed by atoms with E-state index in [1.54, 1.807) is 0 Å². The van der Waals surface area contributed by atoms with Crippen molar-refractivity contribution in [2.75, 3.05) is 12.4 Å². The summed E-state index contributed by atoms with van der Waals surface area (Å²) in [5, 5.41) is 7.52. The van der Waals surface area contributed by atoms with Crippen molar-refractivity contribution in [3.63, 3.8) is 0 Å². The van der Waals surface area contributed by atoms with E-state index in [4.69, 9.17) is 9.26 Å². The van der Waals surface area contributed by atoms with Gasteiger partial charge in [0.05, 0.1) is 12.7 Å². The van der Waals surface area contributed by atoms with Gasteiger partial charge in [-0.3, -0.25) is 4.79 Å². The van der Waals surface area contributed by atoms with Crippen molar-refractivity contribution in [3.8, 4) is 0 Å². The van der Waals surface area contributed by atoms with Gasteiger partial charge < -0.3 is 14.6 Å². The Labute approximate surface area is 162 Å². The highest BCUT2D eigenvalue weighted by Crippen LogP contribution is 2.38. The van der Waals surface area contributed by atoms with Crippen LogP contribution in [0.2, 0.25) is 0 Å². The Morgan fingerprint density at radius 1 is 1.19 bits per heavy atom. The fourth-order valence-corrected chi connectivity index (χ4v) is 5.34. The summed E-state index contributed by atoms with van der Waals surface area (Å²) in [6.07, 6.45) is 7.77. The number of carbonyl (C=O) groups excluding carboxylic acids is 2. The molecule has 0 saturated heterocycles. The van der Waals surface area contributed by atoms with Crippen LogP contribution in [0.4, 0.5) is 5.00 Å². The number of fused-ring (bicyclic) bond motifs is 2. The van der Waals surface area contributed by atoms with Crippen molar-refractivity contribution in [3.05, 3.63) is 33.0 Å². The van der Waals surface area contributed by atoms with Gasteiger partial charge in [0, 0.05) is 16.9 Å². The molecule has 1 atom stereocenters. The SMILES string of the molecule is COC(=O)c1c(NC(=O)c2noc3c2C[C@H](C)CC3)sc2c1CCCCC2. The summed E-state index contributed by atoms with van der Waals surface area (Å²) in [5.41, 5.74) is 2.80. The third-order valence-corrected chi connectivity index (χ3v) is 6.75. The topological polar surface area (TPSA) is 81.4 Å². The number of ether oxygens (including phenoxy) is 1. The summed E-state index contributed by atoms with van der Waals surface area (Å²) in [4.78, 5) is 26.5. The number of hydrogen-bond acceptors (Lipinski definition) is 6. The molecule has 6 nitrogen and oxygen atoms in total. The molecule has 4 rings (SSSR count). The van der Waals surface area contributed by atoms with Gasteiger partial charge in [-0.15, -0.1) is 11.3 Å². The lowest BCUT2D eigenvalue weighted by Crippen LogP contribution is -2.19. The lowest BCUT2D eigenvalue weighted by Gasteiger charge is -2.16. The number of aromatic nitrogens is 1. The van der Waals surface area contributed by atoms with Crippen LogP contribution in [0.3, 0.4) is 0 Å². The fourth-order valence-electron chi connectivity index (χ4n) is 4.07. The number of esters is 1. The third-order valence-electron chi connectivity index (χ3n) is 5.54. The molecule has 0 aromatic carbocycles. The molecule has 27 heavy (non-hydrogen) atoms. The number of carbonyl (C=O) groups is 2. The highest BCUT2D eigenvalue weighted by molar-refractivity contribution is 7.17. The zero-order valence-corrected chi connectivity index (χ0v) is 16.5. The van der Waals surface area contributed by atoms with Crippen LogP contribution in [0.25, 0.3) is 0 Å². The van der Waals surface area contributed by atoms with Gasteiger partial charge in [-0.2, -0.15) is 0 Å². The van der Waals surface area contributed by atoms with E-state index in [0.717, 1.165) is 68.3 Å². The Kier molecular flexibility index (Phi) is 5.04. The molecule has 2 aromatic rings. The van der Waals surface area contributed by atoms with E-state index >= 15 is 0 Å². The van der Waals surface area contributed by atoms with Crippen molar-refractivity contribution < 1.29 is 18.8 Å². The summed E-state index contributed by atoms with van der Waals surface area (Å²) in [5.74, 6) is 0.622. The lowest BCUT2D eigenvalue weighted by molar-refractivity contribution is 0.0601. The summed E-state index contributed by atoms with van der Waals surface area (Å²) in [6.45, 7) is 2.17. The van der Waals surface area contributed by atoms with Crippen molar-refractivity contribution in [1.82, 2.24) is 5.16 Å². The van der Waals surface area contributed by atoms with Crippen LogP contribution in [-0.2, 0) is 30.4 Å². The van der Waals surface area contributed by atoms with Gasteiger partial charge in [0.2, 0.25) is 0 Å². The maximum atomic E-state index is 12.9. The van der Waals surface area contributed by atoms with Crippen LogP contribution in [0.1, 0.15) is 75.2 Å². The first kappa shape index (κ1) is 18.2. The molecule has 0 fully saturated rings. The molecule has 144 valence electrons. The number of amides is 1. The third kappa shape index (κ3) is 3.40. The van der Waals surface area contributed by atoms with Crippen molar-refractivity contribution in [2.45, 2.75) is 58.3 Å². The molecule has 7 heteroatoms. The maximum Gasteiger partial charge on any atom is 0.341 e. The minimum atomic E-state index is -0.388. The van der Waals surface area contributed by atoms with Crippen LogP contribution in [0, 0.1) is 5.92 Å². The van der Waals surface area contributed by atoms with Crippen molar-refractivity contribution >= 4 is 28.2 Å². The first-order valence-electron chi connectivity index (χ1n) is 9.60. The molecule has 2 heterocycles. The van der Waals surface area contributed by atoms with Gasteiger partial charge in [-0.25, -0.2) is 4.79 Å². The number of thiophene rings is 1. The number of anilines is 1. The molecule has 2 aliphatic carbocycles. The first-order valence-corrected chi connectivity index (χ1v) is 10.4. The monoisotopic (exact) mass is 388 g/mol. The number of hydrogen-bond donors (Lipinski definition) is 1. The maximum absolute atomic E-state index is 12.9. The van der Waals surface area contributed by atoms with Crippen LogP contribution >= 0.6 is 11.3 Å². The minimum absolute atomic E-state index is 0.310. The molecule has 2 aromatic heterocycles. The van der Waals surface area contributed by atoms with E-state index in [1.165, 1.54) is 23.3 Å². The number of methoxy groups -OCH3 is 1. The molecular weight excluding hydrogens is 364 g/mol. The molecular formula is C20H24N2O4S. The van der Waals surface area contributed by atoms with Gasteiger partial charge in [-0.05, 0) is 50.0 Å². The Morgan fingerprint density at radius 2 is 2.00 bits per heavy atom. The Hall–Kier alpha value is -2.15. The lowest BCUT2D eigenvalue weighted by atomic mass is 9.88. The van der Waals surface area contributed by atoms with Gasteiger partial charge in [-0.1, -0.05) is 18.5 Å². The summed E-state index contributed by atoms with van der Waals surface area (Å²) < 4.78 is 10.4. The average Bonchev–Trinajstić information content (AvgIpc) is 3.14. The van der Waals surface area contributed by atoms with Gasteiger partial charge in [0.1, 0.15) is 10.8 Å². The average molecular weight is 388 g/mol. The summed E-state index contributed by atoms with van der Waals surface area (Å²) in [6, 6.07) is 0. The Bertz CT molecular complexity index is 883. The summed E-state index contributed by atoms with van der Waals surface area (Å²) in [7, 11) is 1.38. The highest BCUT2D eigenvalue weighted by atomic mass is 32.1. The van der Waals surface area contributed by atoms with Gasteiger partial charge in [0.25, 0.3) is 5.91 Å². The molecule has 0 saturated carbocycles. The van der Waals surface area contributed by atoms with E-state index < -0.39 is 0 Å². The fraction of sp³-hybridized carbons (Fsp3) is 0.550. The van der Waals surface area contributed by atoms with E-state index in [9.17, 15) is 9.59 Å². The number of nitrogens with one attached hydrogen (secondary N) is 1. The predicted molar refractivity (Wildman–Crippen MR) is 103 cm³/mol.